The Kier molecular flexibility index (Phi) is 5.51. The summed E-state index contributed by atoms with van der Waals surface area (Å²) >= 11 is 0. The second-order valence-electron chi connectivity index (χ2n) is 5.57. The van der Waals surface area contributed by atoms with Gasteiger partial charge in [-0.1, -0.05) is 19.4 Å². The van der Waals surface area contributed by atoms with Gasteiger partial charge in [0.1, 0.15) is 5.82 Å². The molecular weight excluding hydrogens is 269 g/mol. The molecule has 21 heavy (non-hydrogen) atoms. The Morgan fingerprint density at radius 1 is 1.48 bits per heavy atom. The highest BCUT2D eigenvalue weighted by Crippen LogP contribution is 2.29. The quantitative estimate of drug-likeness (QED) is 0.743. The number of carbonyl (C=O) groups is 1. The monoisotopic (exact) mass is 291 g/mol. The largest absolute Gasteiger partial charge is 0.478 e. The summed E-state index contributed by atoms with van der Waals surface area (Å²) in [4.78, 5) is 13.1. The van der Waals surface area contributed by atoms with E-state index in [1.54, 1.807) is 6.07 Å². The Morgan fingerprint density at radius 2 is 2.24 bits per heavy atom. The highest BCUT2D eigenvalue weighted by atomic mass is 19.1. The fourth-order valence-corrected chi connectivity index (χ4v) is 2.44. The zero-order chi connectivity index (χ0) is 15.2. The van der Waals surface area contributed by atoms with Gasteiger partial charge in [0, 0.05) is 18.7 Å². The average molecular weight is 291 g/mol. The zero-order valence-corrected chi connectivity index (χ0v) is 12.4. The number of nitrogens with zero attached hydrogens (tertiary/aromatic N) is 1. The lowest BCUT2D eigenvalue weighted by atomic mass is 10.1. The topological polar surface area (TPSA) is 40.5 Å². The second-order valence-corrected chi connectivity index (χ2v) is 5.57. The summed E-state index contributed by atoms with van der Waals surface area (Å²) in [5, 5.41) is 8.74. The molecule has 0 bridgehead atoms. The Hall–Kier alpha value is -1.68. The van der Waals surface area contributed by atoms with E-state index in [9.17, 15) is 9.18 Å². The van der Waals surface area contributed by atoms with Crippen molar-refractivity contribution in [3.63, 3.8) is 0 Å². The SMILES string of the molecule is CCCCN(Cc1ccc(F)cc1C=CC(=O)O)C1CC1. The first-order valence-corrected chi connectivity index (χ1v) is 7.53. The van der Waals surface area contributed by atoms with Gasteiger partial charge in [-0.3, -0.25) is 4.90 Å². The fraction of sp³-hybridized carbons (Fsp3) is 0.471. The zero-order valence-electron chi connectivity index (χ0n) is 12.4. The van der Waals surface area contributed by atoms with Gasteiger partial charge < -0.3 is 5.11 Å². The van der Waals surface area contributed by atoms with Crippen LogP contribution in [0.4, 0.5) is 4.39 Å². The summed E-state index contributed by atoms with van der Waals surface area (Å²) in [6, 6.07) is 5.24. The Labute approximate surface area is 125 Å². The summed E-state index contributed by atoms with van der Waals surface area (Å²) in [6.45, 7) is 3.97. The summed E-state index contributed by atoms with van der Waals surface area (Å²) < 4.78 is 13.4. The van der Waals surface area contributed by atoms with Gasteiger partial charge in [0.2, 0.25) is 0 Å². The molecule has 1 aromatic rings. The maximum Gasteiger partial charge on any atom is 0.328 e. The number of hydrogen-bond acceptors (Lipinski definition) is 2. The number of benzene rings is 1. The third-order valence-corrected chi connectivity index (χ3v) is 3.75. The molecule has 1 fully saturated rings. The van der Waals surface area contributed by atoms with Crippen LogP contribution in [0.2, 0.25) is 0 Å². The molecule has 0 unspecified atom stereocenters. The van der Waals surface area contributed by atoms with Crippen molar-refractivity contribution in [2.45, 2.75) is 45.2 Å². The van der Waals surface area contributed by atoms with Crippen molar-refractivity contribution in [3.8, 4) is 0 Å². The molecule has 1 N–H and O–H groups in total. The van der Waals surface area contributed by atoms with Gasteiger partial charge in [-0.2, -0.15) is 0 Å². The Bertz CT molecular complexity index is 524. The number of aliphatic carboxylic acids is 1. The molecule has 1 aliphatic carbocycles. The molecule has 3 nitrogen and oxygen atoms in total. The molecule has 114 valence electrons. The minimum atomic E-state index is -1.02. The number of unbranched alkanes of at least 4 members (excludes halogenated alkanes) is 1. The van der Waals surface area contributed by atoms with Crippen molar-refractivity contribution >= 4 is 12.0 Å². The first-order chi connectivity index (χ1) is 10.1. The van der Waals surface area contributed by atoms with Crippen LogP contribution in [-0.4, -0.2) is 28.6 Å². The number of halogens is 1. The van der Waals surface area contributed by atoms with E-state index in [0.29, 0.717) is 11.6 Å². The van der Waals surface area contributed by atoms with Crippen LogP contribution in [0.15, 0.2) is 24.3 Å². The van der Waals surface area contributed by atoms with Crippen molar-refractivity contribution < 1.29 is 14.3 Å². The predicted octanol–water partition coefficient (Wildman–Crippen LogP) is 3.69. The normalized spacial score (nSPS) is 15.0. The van der Waals surface area contributed by atoms with E-state index in [2.05, 4.69) is 11.8 Å². The van der Waals surface area contributed by atoms with Crippen molar-refractivity contribution in [1.29, 1.82) is 0 Å². The Balaban J connectivity index is 2.15. The smallest absolute Gasteiger partial charge is 0.328 e. The molecule has 2 rings (SSSR count). The maximum atomic E-state index is 13.4. The van der Waals surface area contributed by atoms with Crippen LogP contribution in [-0.2, 0) is 11.3 Å². The van der Waals surface area contributed by atoms with Gasteiger partial charge in [0.25, 0.3) is 0 Å². The van der Waals surface area contributed by atoms with E-state index < -0.39 is 5.97 Å². The van der Waals surface area contributed by atoms with Crippen molar-refractivity contribution in [2.75, 3.05) is 6.54 Å². The molecular formula is C17H22FNO2. The van der Waals surface area contributed by atoms with Gasteiger partial charge in [0.05, 0.1) is 0 Å². The third-order valence-electron chi connectivity index (χ3n) is 3.75. The summed E-state index contributed by atoms with van der Waals surface area (Å²) in [7, 11) is 0. The van der Waals surface area contributed by atoms with Gasteiger partial charge >= 0.3 is 5.97 Å². The van der Waals surface area contributed by atoms with Crippen LogP contribution in [0.3, 0.4) is 0 Å². The molecule has 4 heteroatoms. The highest BCUT2D eigenvalue weighted by Gasteiger charge is 2.28. The van der Waals surface area contributed by atoms with Crippen LogP contribution in [0, 0.1) is 5.82 Å². The molecule has 0 heterocycles. The molecule has 0 aromatic heterocycles. The molecule has 0 atom stereocenters. The van der Waals surface area contributed by atoms with Crippen LogP contribution >= 0.6 is 0 Å². The molecule has 1 saturated carbocycles. The van der Waals surface area contributed by atoms with Gasteiger partial charge in [-0.25, -0.2) is 9.18 Å². The number of carboxylic acids is 1. The highest BCUT2D eigenvalue weighted by molar-refractivity contribution is 5.85. The summed E-state index contributed by atoms with van der Waals surface area (Å²) in [6.07, 6.45) is 7.30. The van der Waals surface area contributed by atoms with Gasteiger partial charge in [-0.05, 0) is 55.1 Å². The molecule has 0 amide bonds. The van der Waals surface area contributed by atoms with Crippen LogP contribution in [0.25, 0.3) is 6.08 Å². The van der Waals surface area contributed by atoms with Gasteiger partial charge in [-0.15, -0.1) is 0 Å². The molecule has 0 spiro atoms. The molecule has 0 radical (unpaired) electrons. The molecule has 0 saturated heterocycles. The van der Waals surface area contributed by atoms with Crippen LogP contribution < -0.4 is 0 Å². The third kappa shape index (κ3) is 4.97. The van der Waals surface area contributed by atoms with E-state index in [4.69, 9.17) is 5.11 Å². The maximum absolute atomic E-state index is 13.4. The Morgan fingerprint density at radius 3 is 2.86 bits per heavy atom. The van der Waals surface area contributed by atoms with E-state index in [1.807, 2.05) is 0 Å². The van der Waals surface area contributed by atoms with Crippen LogP contribution in [0.1, 0.15) is 43.7 Å². The van der Waals surface area contributed by atoms with E-state index in [0.717, 1.165) is 37.6 Å². The lowest BCUT2D eigenvalue weighted by molar-refractivity contribution is -0.131. The number of rotatable bonds is 8. The van der Waals surface area contributed by atoms with Crippen molar-refractivity contribution in [2.24, 2.45) is 0 Å². The second kappa shape index (κ2) is 7.36. The molecule has 1 aliphatic rings. The van der Waals surface area contributed by atoms with Crippen molar-refractivity contribution in [3.05, 3.63) is 41.2 Å². The lowest BCUT2D eigenvalue weighted by Gasteiger charge is -2.22. The fourth-order valence-electron chi connectivity index (χ4n) is 2.44. The standard InChI is InChI=1S/C17H22FNO2/c1-2-3-10-19(16-7-8-16)12-14-4-6-15(18)11-13(14)5-9-17(20)21/h4-6,9,11,16H,2-3,7-8,10,12H2,1H3,(H,20,21). The van der Waals surface area contributed by atoms with E-state index in [-0.39, 0.29) is 5.82 Å². The van der Waals surface area contributed by atoms with Crippen molar-refractivity contribution in [1.82, 2.24) is 4.90 Å². The van der Waals surface area contributed by atoms with E-state index >= 15 is 0 Å². The predicted molar refractivity (Wildman–Crippen MR) is 81.4 cm³/mol. The molecule has 0 aliphatic heterocycles. The summed E-state index contributed by atoms with van der Waals surface area (Å²) in [5.41, 5.74) is 1.64. The summed E-state index contributed by atoms with van der Waals surface area (Å²) in [5.74, 6) is -1.36. The number of hydrogen-bond donors (Lipinski definition) is 1. The molecule has 1 aromatic carbocycles. The first kappa shape index (κ1) is 15.7. The first-order valence-electron chi connectivity index (χ1n) is 7.53. The van der Waals surface area contributed by atoms with E-state index in [1.165, 1.54) is 31.1 Å². The van der Waals surface area contributed by atoms with Gasteiger partial charge in [0.15, 0.2) is 0 Å². The van der Waals surface area contributed by atoms with Crippen LogP contribution in [0.5, 0.6) is 0 Å². The minimum Gasteiger partial charge on any atom is -0.478 e. The average Bonchev–Trinajstić information content (AvgIpc) is 3.27. The minimum absolute atomic E-state index is 0.338. The number of carboxylic acid groups (broad SMARTS) is 1. The lowest BCUT2D eigenvalue weighted by Crippen LogP contribution is -2.27.